The second-order valence-electron chi connectivity index (χ2n) is 5.52. The van der Waals surface area contributed by atoms with Crippen molar-refractivity contribution >= 4 is 11.9 Å². The van der Waals surface area contributed by atoms with Crippen LogP contribution in [0.1, 0.15) is 45.4 Å². The number of carbonyl (C=O) groups is 2. The first-order valence-corrected chi connectivity index (χ1v) is 8.13. The third kappa shape index (κ3) is 15.3. The summed E-state index contributed by atoms with van der Waals surface area (Å²) in [6.07, 6.45) is 5.57. The summed E-state index contributed by atoms with van der Waals surface area (Å²) in [7, 11) is 3.65. The van der Waals surface area contributed by atoms with E-state index in [2.05, 4.69) is 10.2 Å². The van der Waals surface area contributed by atoms with Crippen LogP contribution < -0.4 is 5.32 Å². The highest BCUT2D eigenvalue weighted by Gasteiger charge is 2.04. The van der Waals surface area contributed by atoms with E-state index in [0.717, 1.165) is 51.7 Å². The lowest BCUT2D eigenvalue weighted by Crippen LogP contribution is -2.27. The Labute approximate surface area is 134 Å². The average molecular weight is 316 g/mol. The topological polar surface area (TPSA) is 67.9 Å². The molecule has 0 saturated heterocycles. The lowest BCUT2D eigenvalue weighted by atomic mass is 10.1. The Morgan fingerprint density at radius 2 is 1.64 bits per heavy atom. The number of carbonyl (C=O) groups excluding carboxylic acids is 2. The maximum atomic E-state index is 11.5. The molecule has 0 rings (SSSR count). The van der Waals surface area contributed by atoms with Gasteiger partial charge in [0.25, 0.3) is 0 Å². The Morgan fingerprint density at radius 1 is 1.00 bits per heavy atom. The number of likely N-dealkylation sites (N-methyl/N-ethyl adjacent to an activating group) is 1. The van der Waals surface area contributed by atoms with Crippen molar-refractivity contribution in [3.63, 3.8) is 0 Å². The molecule has 130 valence electrons. The SMILES string of the molecule is COCCN(C)CCOC(=O)CCCCCCCNC(C)=O. The fourth-order valence-corrected chi connectivity index (χ4v) is 1.94. The van der Waals surface area contributed by atoms with Crippen molar-refractivity contribution in [3.8, 4) is 0 Å². The van der Waals surface area contributed by atoms with Crippen LogP contribution in [0.15, 0.2) is 0 Å². The summed E-state index contributed by atoms with van der Waals surface area (Å²) in [4.78, 5) is 24.3. The zero-order valence-corrected chi connectivity index (χ0v) is 14.4. The van der Waals surface area contributed by atoms with Crippen LogP contribution in [-0.4, -0.2) is 63.8 Å². The van der Waals surface area contributed by atoms with Gasteiger partial charge in [0.15, 0.2) is 0 Å². The summed E-state index contributed by atoms with van der Waals surface area (Å²) in [6, 6.07) is 0. The standard InChI is InChI=1S/C16H32N2O4/c1-15(19)17-10-8-6-4-5-7-9-16(20)22-14-12-18(2)11-13-21-3/h4-14H2,1-3H3,(H,17,19). The summed E-state index contributed by atoms with van der Waals surface area (Å²) in [5, 5.41) is 2.77. The number of rotatable bonds is 14. The normalized spacial score (nSPS) is 10.7. The van der Waals surface area contributed by atoms with Crippen LogP contribution in [0.3, 0.4) is 0 Å². The molecule has 0 atom stereocenters. The molecule has 0 unspecified atom stereocenters. The van der Waals surface area contributed by atoms with Crippen molar-refractivity contribution in [1.82, 2.24) is 10.2 Å². The molecule has 0 fully saturated rings. The van der Waals surface area contributed by atoms with Gasteiger partial charge in [0.1, 0.15) is 6.61 Å². The Hall–Kier alpha value is -1.14. The summed E-state index contributed by atoms with van der Waals surface area (Å²) in [6.45, 7) is 4.97. The minimum absolute atomic E-state index is 0.0237. The quantitative estimate of drug-likeness (QED) is 0.389. The maximum absolute atomic E-state index is 11.5. The fraction of sp³-hybridized carbons (Fsp3) is 0.875. The highest BCUT2D eigenvalue weighted by atomic mass is 16.5. The molecule has 22 heavy (non-hydrogen) atoms. The molecule has 0 heterocycles. The minimum Gasteiger partial charge on any atom is -0.464 e. The van der Waals surface area contributed by atoms with E-state index < -0.39 is 0 Å². The number of hydrogen-bond donors (Lipinski definition) is 1. The average Bonchev–Trinajstić information content (AvgIpc) is 2.47. The van der Waals surface area contributed by atoms with E-state index in [0.29, 0.717) is 19.6 Å². The largest absolute Gasteiger partial charge is 0.464 e. The van der Waals surface area contributed by atoms with Crippen LogP contribution in [0.2, 0.25) is 0 Å². The fourth-order valence-electron chi connectivity index (χ4n) is 1.94. The molecule has 0 aromatic heterocycles. The number of amides is 1. The van der Waals surface area contributed by atoms with Crippen LogP contribution in [0.4, 0.5) is 0 Å². The zero-order valence-electron chi connectivity index (χ0n) is 14.4. The number of nitrogens with zero attached hydrogens (tertiary/aromatic N) is 1. The van der Waals surface area contributed by atoms with Gasteiger partial charge in [-0.2, -0.15) is 0 Å². The van der Waals surface area contributed by atoms with Gasteiger partial charge in [-0.1, -0.05) is 19.3 Å². The van der Waals surface area contributed by atoms with Gasteiger partial charge >= 0.3 is 5.97 Å². The number of ether oxygens (including phenoxy) is 2. The van der Waals surface area contributed by atoms with Crippen LogP contribution >= 0.6 is 0 Å². The Bertz CT molecular complexity index is 298. The third-order valence-corrected chi connectivity index (χ3v) is 3.34. The summed E-state index contributed by atoms with van der Waals surface area (Å²) in [5.41, 5.74) is 0. The van der Waals surface area contributed by atoms with Gasteiger partial charge < -0.3 is 19.7 Å². The van der Waals surface area contributed by atoms with E-state index in [-0.39, 0.29) is 11.9 Å². The molecular weight excluding hydrogens is 284 g/mol. The lowest BCUT2D eigenvalue weighted by Gasteiger charge is -2.15. The second kappa shape index (κ2) is 14.8. The third-order valence-electron chi connectivity index (χ3n) is 3.34. The van der Waals surface area contributed by atoms with E-state index in [4.69, 9.17) is 9.47 Å². The molecule has 0 aliphatic heterocycles. The summed E-state index contributed by atoms with van der Waals surface area (Å²) in [5.74, 6) is -0.0889. The Morgan fingerprint density at radius 3 is 2.32 bits per heavy atom. The lowest BCUT2D eigenvalue weighted by molar-refractivity contribution is -0.144. The summed E-state index contributed by atoms with van der Waals surface area (Å²) < 4.78 is 10.2. The molecule has 0 aromatic rings. The molecule has 0 bridgehead atoms. The highest BCUT2D eigenvalue weighted by Crippen LogP contribution is 2.05. The molecule has 0 aliphatic rings. The Kier molecular flexibility index (Phi) is 14.0. The molecular formula is C16H32N2O4. The molecule has 0 aromatic carbocycles. The van der Waals surface area contributed by atoms with Gasteiger partial charge in [-0.25, -0.2) is 0 Å². The molecule has 1 N–H and O–H groups in total. The minimum atomic E-state index is -0.113. The van der Waals surface area contributed by atoms with Gasteiger partial charge in [-0.15, -0.1) is 0 Å². The second-order valence-corrected chi connectivity index (χ2v) is 5.52. The number of esters is 1. The van der Waals surface area contributed by atoms with Gasteiger partial charge in [0, 0.05) is 40.1 Å². The molecule has 1 amide bonds. The smallest absolute Gasteiger partial charge is 0.305 e. The van der Waals surface area contributed by atoms with Crippen LogP contribution in [0.5, 0.6) is 0 Å². The molecule has 0 spiro atoms. The zero-order chi connectivity index (χ0) is 16.6. The predicted molar refractivity (Wildman–Crippen MR) is 86.7 cm³/mol. The van der Waals surface area contributed by atoms with Crippen molar-refractivity contribution in [2.75, 3.05) is 47.0 Å². The van der Waals surface area contributed by atoms with Crippen molar-refractivity contribution in [2.24, 2.45) is 0 Å². The van der Waals surface area contributed by atoms with E-state index in [1.807, 2.05) is 7.05 Å². The number of unbranched alkanes of at least 4 members (excludes halogenated alkanes) is 4. The van der Waals surface area contributed by atoms with Gasteiger partial charge in [-0.3, -0.25) is 9.59 Å². The molecule has 6 heteroatoms. The van der Waals surface area contributed by atoms with Gasteiger partial charge in [0.2, 0.25) is 5.91 Å². The number of nitrogens with one attached hydrogen (secondary N) is 1. The molecule has 0 radical (unpaired) electrons. The first kappa shape index (κ1) is 20.9. The van der Waals surface area contributed by atoms with Gasteiger partial charge in [0.05, 0.1) is 6.61 Å². The molecule has 0 saturated carbocycles. The van der Waals surface area contributed by atoms with Crippen LogP contribution in [-0.2, 0) is 19.1 Å². The monoisotopic (exact) mass is 316 g/mol. The van der Waals surface area contributed by atoms with E-state index in [1.165, 1.54) is 6.92 Å². The van der Waals surface area contributed by atoms with Crippen molar-refractivity contribution in [2.45, 2.75) is 45.4 Å². The van der Waals surface area contributed by atoms with Gasteiger partial charge in [-0.05, 0) is 19.9 Å². The summed E-state index contributed by atoms with van der Waals surface area (Å²) >= 11 is 0. The number of methoxy groups -OCH3 is 1. The Balaban J connectivity index is 3.30. The first-order chi connectivity index (χ1) is 10.6. The highest BCUT2D eigenvalue weighted by molar-refractivity contribution is 5.72. The molecule has 0 aliphatic carbocycles. The molecule has 6 nitrogen and oxygen atoms in total. The van der Waals surface area contributed by atoms with Crippen molar-refractivity contribution in [1.29, 1.82) is 0 Å². The predicted octanol–water partition coefficient (Wildman–Crippen LogP) is 1.58. The van der Waals surface area contributed by atoms with E-state index >= 15 is 0 Å². The van der Waals surface area contributed by atoms with Crippen LogP contribution in [0, 0.1) is 0 Å². The van der Waals surface area contributed by atoms with Crippen molar-refractivity contribution < 1.29 is 19.1 Å². The number of hydrogen-bond acceptors (Lipinski definition) is 5. The van der Waals surface area contributed by atoms with E-state index in [9.17, 15) is 9.59 Å². The van der Waals surface area contributed by atoms with Crippen LogP contribution in [0.25, 0.3) is 0 Å². The van der Waals surface area contributed by atoms with E-state index in [1.54, 1.807) is 7.11 Å². The first-order valence-electron chi connectivity index (χ1n) is 8.13. The maximum Gasteiger partial charge on any atom is 0.305 e. The van der Waals surface area contributed by atoms with Crippen molar-refractivity contribution in [3.05, 3.63) is 0 Å².